The number of fused-ring (bicyclic) bond motifs is 1. The van der Waals surface area contributed by atoms with E-state index in [0.29, 0.717) is 43.6 Å². The lowest BCUT2D eigenvalue weighted by Crippen LogP contribution is -2.48. The fourth-order valence-electron chi connectivity index (χ4n) is 3.72. The zero-order valence-corrected chi connectivity index (χ0v) is 17.3. The first-order valence-corrected chi connectivity index (χ1v) is 10.3. The number of aliphatic hydroxyl groups is 1. The van der Waals surface area contributed by atoms with Crippen LogP contribution >= 0.6 is 0 Å². The van der Waals surface area contributed by atoms with E-state index in [1.165, 1.54) is 0 Å². The van der Waals surface area contributed by atoms with E-state index in [1.54, 1.807) is 13.2 Å². The van der Waals surface area contributed by atoms with E-state index in [-0.39, 0.29) is 5.92 Å². The van der Waals surface area contributed by atoms with Gasteiger partial charge in [-0.25, -0.2) is 4.79 Å². The zero-order chi connectivity index (χ0) is 20.6. The molecule has 2 aliphatic rings. The first kappa shape index (κ1) is 21.7. The number of aryl methyl sites for hydroxylation is 1. The number of nitrogens with one attached hydrogen (secondary N) is 1. The first-order valence-electron chi connectivity index (χ1n) is 10.3. The molecule has 1 fully saturated rings. The molecule has 1 aromatic carbocycles. The molecule has 0 unspecified atom stereocenters. The highest BCUT2D eigenvalue weighted by Gasteiger charge is 2.28. The monoisotopic (exact) mass is 408 g/mol. The van der Waals surface area contributed by atoms with Crippen molar-refractivity contribution in [3.8, 4) is 17.2 Å². The molecule has 8 heteroatoms. The van der Waals surface area contributed by atoms with Crippen molar-refractivity contribution in [2.24, 2.45) is 5.92 Å². The number of likely N-dealkylation sites (tertiary alicyclic amines) is 1. The van der Waals surface area contributed by atoms with E-state index in [4.69, 9.17) is 18.9 Å². The van der Waals surface area contributed by atoms with Crippen molar-refractivity contribution in [1.29, 1.82) is 0 Å². The summed E-state index contributed by atoms with van der Waals surface area (Å²) in [7, 11) is 1.69. The summed E-state index contributed by atoms with van der Waals surface area (Å²) < 4.78 is 22.0. The maximum Gasteiger partial charge on any atom is 0.412 e. The van der Waals surface area contributed by atoms with Crippen molar-refractivity contribution in [3.63, 3.8) is 0 Å². The Balaban J connectivity index is 1.49. The second-order valence-electron chi connectivity index (χ2n) is 7.67. The molecule has 1 aromatic rings. The second kappa shape index (κ2) is 10.7. The molecule has 2 N–H and O–H groups in total. The van der Waals surface area contributed by atoms with E-state index in [9.17, 15) is 9.90 Å². The van der Waals surface area contributed by atoms with Gasteiger partial charge in [-0.05, 0) is 44.0 Å². The van der Waals surface area contributed by atoms with Crippen molar-refractivity contribution < 1.29 is 28.8 Å². The molecule has 0 aromatic heterocycles. The molecule has 2 aliphatic heterocycles. The largest absolute Gasteiger partial charge is 0.489 e. The van der Waals surface area contributed by atoms with Gasteiger partial charge in [0.15, 0.2) is 11.5 Å². The summed E-state index contributed by atoms with van der Waals surface area (Å²) in [6.07, 6.45) is 1.52. The topological polar surface area (TPSA) is 89.5 Å². The minimum atomic E-state index is -0.555. The number of piperidine rings is 1. The molecule has 29 heavy (non-hydrogen) atoms. The van der Waals surface area contributed by atoms with Gasteiger partial charge >= 0.3 is 6.09 Å². The number of amides is 1. The van der Waals surface area contributed by atoms with E-state index in [2.05, 4.69) is 10.2 Å². The summed E-state index contributed by atoms with van der Waals surface area (Å²) in [5.41, 5.74) is 0.924. The first-order chi connectivity index (χ1) is 14.1. The average Bonchev–Trinajstić information content (AvgIpc) is 2.93. The molecule has 0 saturated carbocycles. The molecular weight excluding hydrogens is 376 g/mol. The number of aliphatic hydroxyl groups excluding tert-OH is 1. The number of β-amino-alcohol motifs (C(OH)–C–C–N with tert-alkyl or cyclic N) is 1. The Labute approximate surface area is 172 Å². The molecular formula is C21H32N2O6. The molecule has 0 spiro atoms. The van der Waals surface area contributed by atoms with Gasteiger partial charge in [-0.15, -0.1) is 0 Å². The van der Waals surface area contributed by atoms with Crippen LogP contribution < -0.4 is 19.5 Å². The maximum atomic E-state index is 12.3. The molecule has 0 aliphatic carbocycles. The van der Waals surface area contributed by atoms with Gasteiger partial charge in [0.2, 0.25) is 5.75 Å². The van der Waals surface area contributed by atoms with E-state index in [1.807, 2.05) is 13.0 Å². The third-order valence-electron chi connectivity index (χ3n) is 5.30. The smallest absolute Gasteiger partial charge is 0.412 e. The summed E-state index contributed by atoms with van der Waals surface area (Å²) in [4.78, 5) is 14.6. The Kier molecular flexibility index (Phi) is 7.97. The number of benzene rings is 1. The molecule has 1 saturated heterocycles. The van der Waals surface area contributed by atoms with Crippen molar-refractivity contribution in [3.05, 3.63) is 17.7 Å². The lowest BCUT2D eigenvalue weighted by atomic mass is 9.94. The fourth-order valence-corrected chi connectivity index (χ4v) is 3.72. The van der Waals surface area contributed by atoms with Gasteiger partial charge in [0.25, 0.3) is 0 Å². The number of carbonyl (C=O) groups is 1. The van der Waals surface area contributed by atoms with Crippen LogP contribution in [0.4, 0.5) is 4.79 Å². The van der Waals surface area contributed by atoms with Gasteiger partial charge < -0.3 is 34.3 Å². The second-order valence-corrected chi connectivity index (χ2v) is 7.67. The van der Waals surface area contributed by atoms with Crippen LogP contribution in [0.1, 0.15) is 24.8 Å². The molecule has 8 nitrogen and oxygen atoms in total. The predicted octanol–water partition coefficient (Wildman–Crippen LogP) is 1.96. The van der Waals surface area contributed by atoms with Crippen LogP contribution in [-0.2, 0) is 4.74 Å². The lowest BCUT2D eigenvalue weighted by molar-refractivity contribution is 0.0196. The minimum absolute atomic E-state index is 0.00966. The SMILES string of the molecule is COCCCN1CC[C@@H](CNC(=O)Oc2cc(C)cc3c2OCCCO3)[C@H](O)C1. The van der Waals surface area contributed by atoms with Gasteiger partial charge in [-0.1, -0.05) is 0 Å². The van der Waals surface area contributed by atoms with Crippen LogP contribution in [0.2, 0.25) is 0 Å². The van der Waals surface area contributed by atoms with Crippen LogP contribution in [-0.4, -0.2) is 75.3 Å². The van der Waals surface area contributed by atoms with E-state index in [0.717, 1.165) is 44.5 Å². The Morgan fingerprint density at radius 1 is 1.34 bits per heavy atom. The average molecular weight is 408 g/mol. The van der Waals surface area contributed by atoms with Crippen LogP contribution in [0.25, 0.3) is 0 Å². The highest BCUT2D eigenvalue weighted by molar-refractivity contribution is 5.72. The van der Waals surface area contributed by atoms with Gasteiger partial charge in [0.05, 0.1) is 19.3 Å². The molecule has 0 bridgehead atoms. The number of carbonyl (C=O) groups excluding carboxylic acids is 1. The zero-order valence-electron chi connectivity index (χ0n) is 17.3. The summed E-state index contributed by atoms with van der Waals surface area (Å²) in [5, 5.41) is 13.2. The Morgan fingerprint density at radius 2 is 2.17 bits per heavy atom. The predicted molar refractivity (Wildman–Crippen MR) is 108 cm³/mol. The number of ether oxygens (including phenoxy) is 4. The third-order valence-corrected chi connectivity index (χ3v) is 5.30. The van der Waals surface area contributed by atoms with Gasteiger partial charge in [0, 0.05) is 45.7 Å². The van der Waals surface area contributed by atoms with Crippen molar-refractivity contribution >= 4 is 6.09 Å². The van der Waals surface area contributed by atoms with Crippen LogP contribution in [0.3, 0.4) is 0 Å². The molecule has 162 valence electrons. The van der Waals surface area contributed by atoms with Crippen molar-refractivity contribution in [2.45, 2.75) is 32.3 Å². The minimum Gasteiger partial charge on any atom is -0.489 e. The summed E-state index contributed by atoms with van der Waals surface area (Å²) in [6.45, 7) is 6.52. The van der Waals surface area contributed by atoms with Crippen molar-refractivity contribution in [1.82, 2.24) is 10.2 Å². The Hall–Kier alpha value is -2.03. The number of nitrogens with zero attached hydrogens (tertiary/aromatic N) is 1. The van der Waals surface area contributed by atoms with Gasteiger partial charge in [-0.2, -0.15) is 0 Å². The number of rotatable bonds is 7. The summed E-state index contributed by atoms with van der Waals surface area (Å²) in [6, 6.07) is 3.64. The molecule has 0 radical (unpaired) electrons. The van der Waals surface area contributed by atoms with Crippen LogP contribution in [0.5, 0.6) is 17.2 Å². The third kappa shape index (κ3) is 6.22. The number of methoxy groups -OCH3 is 1. The molecule has 3 rings (SSSR count). The molecule has 2 heterocycles. The lowest BCUT2D eigenvalue weighted by Gasteiger charge is -2.35. The molecule has 2 atom stereocenters. The molecule has 1 amide bonds. The van der Waals surface area contributed by atoms with Crippen LogP contribution in [0, 0.1) is 12.8 Å². The van der Waals surface area contributed by atoms with E-state index >= 15 is 0 Å². The van der Waals surface area contributed by atoms with Gasteiger partial charge in [-0.3, -0.25) is 0 Å². The maximum absolute atomic E-state index is 12.3. The standard InChI is InChI=1S/C21H32N2O6/c1-15-11-18-20(28-10-4-9-27-18)19(12-15)29-21(25)22-13-16-5-7-23(14-17(16)24)6-3-8-26-2/h11-12,16-17,24H,3-10,13-14H2,1-2H3,(H,22,25)/t16-,17+/m0/s1. The summed E-state index contributed by atoms with van der Waals surface area (Å²) >= 11 is 0. The van der Waals surface area contributed by atoms with Crippen molar-refractivity contribution in [2.75, 3.05) is 53.1 Å². The number of hydrogen-bond donors (Lipinski definition) is 2. The number of hydrogen-bond acceptors (Lipinski definition) is 7. The summed E-state index contributed by atoms with van der Waals surface area (Å²) in [5.74, 6) is 1.43. The van der Waals surface area contributed by atoms with Gasteiger partial charge in [0.1, 0.15) is 0 Å². The quantitative estimate of drug-likeness (QED) is 0.667. The Bertz CT molecular complexity index is 683. The highest BCUT2D eigenvalue weighted by Crippen LogP contribution is 2.40. The Morgan fingerprint density at radius 3 is 2.97 bits per heavy atom. The normalized spacial score (nSPS) is 22.0. The van der Waals surface area contributed by atoms with E-state index < -0.39 is 12.2 Å². The highest BCUT2D eigenvalue weighted by atomic mass is 16.6. The van der Waals surface area contributed by atoms with Crippen LogP contribution in [0.15, 0.2) is 12.1 Å². The fraction of sp³-hybridized carbons (Fsp3) is 0.667.